The molecule has 0 saturated heterocycles. The quantitative estimate of drug-likeness (QED) is 0.875. The Morgan fingerprint density at radius 2 is 2.30 bits per heavy atom. The van der Waals surface area contributed by atoms with E-state index in [-0.39, 0.29) is 12.1 Å². The number of aliphatic hydroxyl groups is 1. The summed E-state index contributed by atoms with van der Waals surface area (Å²) < 4.78 is 5.16. The molecule has 2 N–H and O–H groups in total. The van der Waals surface area contributed by atoms with Crippen molar-refractivity contribution in [2.45, 2.75) is 44.7 Å². The maximum absolute atomic E-state index is 9.77. The second kappa shape index (κ2) is 6.79. The molecule has 0 bridgehead atoms. The van der Waals surface area contributed by atoms with Gasteiger partial charge >= 0.3 is 0 Å². The molecule has 0 spiro atoms. The van der Waals surface area contributed by atoms with Gasteiger partial charge in [0, 0.05) is 12.1 Å². The lowest BCUT2D eigenvalue weighted by Crippen LogP contribution is -2.51. The van der Waals surface area contributed by atoms with E-state index in [2.05, 4.69) is 12.2 Å². The zero-order chi connectivity index (χ0) is 14.6. The highest BCUT2D eigenvalue weighted by Gasteiger charge is 2.33. The van der Waals surface area contributed by atoms with Crippen LogP contribution in [0.1, 0.15) is 38.2 Å². The number of nitrogens with one attached hydrogen (secondary N) is 1. The molecule has 4 heteroatoms. The highest BCUT2D eigenvalue weighted by Crippen LogP contribution is 2.32. The van der Waals surface area contributed by atoms with E-state index in [1.54, 1.807) is 7.11 Å². The van der Waals surface area contributed by atoms with Gasteiger partial charge in [0.1, 0.15) is 5.75 Å². The lowest BCUT2D eigenvalue weighted by Gasteiger charge is -2.39. The minimum absolute atomic E-state index is 0.135. The predicted octanol–water partition coefficient (Wildman–Crippen LogP) is 3.38. The van der Waals surface area contributed by atoms with E-state index in [1.165, 1.54) is 12.8 Å². The molecule has 1 aromatic rings. The van der Waals surface area contributed by atoms with E-state index in [4.69, 9.17) is 16.3 Å². The maximum atomic E-state index is 9.77. The molecule has 1 saturated carbocycles. The molecule has 112 valence electrons. The van der Waals surface area contributed by atoms with Gasteiger partial charge in [-0.05, 0) is 36.5 Å². The van der Waals surface area contributed by atoms with Gasteiger partial charge in [0.2, 0.25) is 0 Å². The number of hydrogen-bond acceptors (Lipinski definition) is 3. The minimum atomic E-state index is -0.135. The molecule has 1 aromatic carbocycles. The van der Waals surface area contributed by atoms with Crippen LogP contribution in [-0.4, -0.2) is 24.4 Å². The zero-order valence-electron chi connectivity index (χ0n) is 12.3. The van der Waals surface area contributed by atoms with Crippen molar-refractivity contribution < 1.29 is 9.84 Å². The summed E-state index contributed by atoms with van der Waals surface area (Å²) in [4.78, 5) is 0. The third-order valence-electron chi connectivity index (χ3n) is 4.28. The van der Waals surface area contributed by atoms with E-state index in [0.29, 0.717) is 16.7 Å². The van der Waals surface area contributed by atoms with E-state index < -0.39 is 0 Å². The molecule has 1 aliphatic rings. The summed E-state index contributed by atoms with van der Waals surface area (Å²) in [5.41, 5.74) is 0.978. The lowest BCUT2D eigenvalue weighted by molar-refractivity contribution is 0.0982. The molecule has 0 amide bonds. The van der Waals surface area contributed by atoms with Crippen molar-refractivity contribution in [3.63, 3.8) is 0 Å². The van der Waals surface area contributed by atoms with E-state index >= 15 is 0 Å². The fraction of sp³-hybridized carbons (Fsp3) is 0.625. The van der Waals surface area contributed by atoms with E-state index in [0.717, 1.165) is 24.9 Å². The van der Waals surface area contributed by atoms with Gasteiger partial charge in [-0.3, -0.25) is 0 Å². The first kappa shape index (κ1) is 15.6. The molecule has 20 heavy (non-hydrogen) atoms. The summed E-state index contributed by atoms with van der Waals surface area (Å²) in [5.74, 6) is 1.36. The number of rotatable bonds is 5. The molecule has 0 radical (unpaired) electrons. The highest BCUT2D eigenvalue weighted by molar-refractivity contribution is 6.32. The van der Waals surface area contributed by atoms with Crippen LogP contribution in [0.25, 0.3) is 0 Å². The molecule has 3 nitrogen and oxygen atoms in total. The normalized spacial score (nSPS) is 26.5. The van der Waals surface area contributed by atoms with Crippen molar-refractivity contribution in [1.82, 2.24) is 5.32 Å². The summed E-state index contributed by atoms with van der Waals surface area (Å²) in [5, 5.41) is 13.9. The summed E-state index contributed by atoms with van der Waals surface area (Å²) in [6.45, 7) is 3.17. The van der Waals surface area contributed by atoms with Gasteiger partial charge in [0.25, 0.3) is 0 Å². The van der Waals surface area contributed by atoms with Gasteiger partial charge < -0.3 is 15.2 Å². The zero-order valence-corrected chi connectivity index (χ0v) is 13.0. The Hall–Kier alpha value is -0.770. The molecule has 2 rings (SSSR count). The standard InChI is InChI=1S/C16H24ClNO2/c1-12-4-3-7-16(9-12,11-19)18-10-13-5-6-15(20-2)14(17)8-13/h5-6,8,12,18-19H,3-4,7,9-11H2,1-2H3. The summed E-state index contributed by atoms with van der Waals surface area (Å²) in [6.07, 6.45) is 4.51. The van der Waals surface area contributed by atoms with E-state index in [1.807, 2.05) is 18.2 Å². The highest BCUT2D eigenvalue weighted by atomic mass is 35.5. The molecule has 0 aliphatic heterocycles. The van der Waals surface area contributed by atoms with Crippen LogP contribution in [0.5, 0.6) is 5.75 Å². The van der Waals surface area contributed by atoms with Crippen molar-refractivity contribution in [2.75, 3.05) is 13.7 Å². The minimum Gasteiger partial charge on any atom is -0.495 e. The van der Waals surface area contributed by atoms with Gasteiger partial charge in [-0.2, -0.15) is 0 Å². The van der Waals surface area contributed by atoms with Crippen LogP contribution in [0.3, 0.4) is 0 Å². The fourth-order valence-corrected chi connectivity index (χ4v) is 3.41. The molecule has 1 fully saturated rings. The van der Waals surface area contributed by atoms with Crippen molar-refractivity contribution in [1.29, 1.82) is 0 Å². The van der Waals surface area contributed by atoms with Crippen LogP contribution >= 0.6 is 11.6 Å². The molecule has 2 atom stereocenters. The van der Waals surface area contributed by atoms with E-state index in [9.17, 15) is 5.11 Å². The van der Waals surface area contributed by atoms with Crippen LogP contribution in [0.4, 0.5) is 0 Å². The second-order valence-electron chi connectivity index (χ2n) is 5.96. The monoisotopic (exact) mass is 297 g/mol. The first-order valence-corrected chi connectivity index (χ1v) is 7.65. The van der Waals surface area contributed by atoms with Crippen LogP contribution in [0.15, 0.2) is 18.2 Å². The molecular formula is C16H24ClNO2. The fourth-order valence-electron chi connectivity index (χ4n) is 3.13. The first-order valence-electron chi connectivity index (χ1n) is 7.27. The Bertz CT molecular complexity index is 452. The Labute approximate surface area is 126 Å². The van der Waals surface area contributed by atoms with Crippen LogP contribution in [0, 0.1) is 5.92 Å². The SMILES string of the molecule is COc1ccc(CNC2(CO)CCCC(C)C2)cc1Cl. The van der Waals surface area contributed by atoms with Gasteiger partial charge in [0.05, 0.1) is 18.7 Å². The topological polar surface area (TPSA) is 41.5 Å². The van der Waals surface area contributed by atoms with Gasteiger partial charge in [-0.25, -0.2) is 0 Å². The number of benzene rings is 1. The average Bonchev–Trinajstić information content (AvgIpc) is 2.45. The molecule has 2 unspecified atom stereocenters. The third kappa shape index (κ3) is 3.66. The second-order valence-corrected chi connectivity index (χ2v) is 6.37. The summed E-state index contributed by atoms with van der Waals surface area (Å²) in [6, 6.07) is 5.81. The van der Waals surface area contributed by atoms with Crippen molar-refractivity contribution in [3.8, 4) is 5.75 Å². The predicted molar refractivity (Wildman–Crippen MR) is 82.3 cm³/mol. The van der Waals surface area contributed by atoms with Gasteiger partial charge in [-0.1, -0.05) is 37.4 Å². The number of aliphatic hydroxyl groups excluding tert-OH is 1. The Kier molecular flexibility index (Phi) is 5.30. The van der Waals surface area contributed by atoms with Crippen LogP contribution in [-0.2, 0) is 6.54 Å². The maximum Gasteiger partial charge on any atom is 0.137 e. The Balaban J connectivity index is 2.01. The van der Waals surface area contributed by atoms with Crippen molar-refractivity contribution in [2.24, 2.45) is 5.92 Å². The smallest absolute Gasteiger partial charge is 0.137 e. The lowest BCUT2D eigenvalue weighted by atomic mass is 9.77. The molecule has 1 aliphatic carbocycles. The molecule has 0 aromatic heterocycles. The summed E-state index contributed by atoms with van der Waals surface area (Å²) >= 11 is 6.14. The summed E-state index contributed by atoms with van der Waals surface area (Å²) in [7, 11) is 1.61. The molecular weight excluding hydrogens is 274 g/mol. The van der Waals surface area contributed by atoms with Crippen molar-refractivity contribution >= 4 is 11.6 Å². The number of hydrogen-bond donors (Lipinski definition) is 2. The molecule has 0 heterocycles. The first-order chi connectivity index (χ1) is 9.58. The van der Waals surface area contributed by atoms with Crippen LogP contribution in [0.2, 0.25) is 5.02 Å². The number of methoxy groups -OCH3 is 1. The Morgan fingerprint density at radius 1 is 1.50 bits per heavy atom. The van der Waals surface area contributed by atoms with Crippen molar-refractivity contribution in [3.05, 3.63) is 28.8 Å². The number of halogens is 1. The van der Waals surface area contributed by atoms with Crippen LogP contribution < -0.4 is 10.1 Å². The third-order valence-corrected chi connectivity index (χ3v) is 4.57. The largest absolute Gasteiger partial charge is 0.495 e. The Morgan fingerprint density at radius 3 is 2.90 bits per heavy atom. The van der Waals surface area contributed by atoms with Gasteiger partial charge in [-0.15, -0.1) is 0 Å². The average molecular weight is 298 g/mol. The number of ether oxygens (including phenoxy) is 1. The van der Waals surface area contributed by atoms with Gasteiger partial charge in [0.15, 0.2) is 0 Å².